The second-order valence-corrected chi connectivity index (χ2v) is 7.97. The van der Waals surface area contributed by atoms with Crippen LogP contribution < -0.4 is 5.32 Å². The van der Waals surface area contributed by atoms with E-state index < -0.39 is 23.1 Å². The zero-order valence-corrected chi connectivity index (χ0v) is 16.4. The number of aliphatic hydroxyl groups is 1. The minimum absolute atomic E-state index is 0.113. The highest BCUT2D eigenvalue weighted by molar-refractivity contribution is 5.97. The van der Waals surface area contributed by atoms with Crippen LogP contribution in [-0.2, 0) is 15.1 Å². The van der Waals surface area contributed by atoms with E-state index in [0.29, 0.717) is 35.2 Å². The largest absolute Gasteiger partial charge is 0.450 e. The molecule has 2 aromatic heterocycles. The predicted octanol–water partition coefficient (Wildman–Crippen LogP) is 2.92. The maximum Gasteiger partial charge on any atom is 0.339 e. The normalized spacial score (nSPS) is 24.6. The van der Waals surface area contributed by atoms with E-state index in [9.17, 15) is 19.1 Å². The number of hydrogen-bond acceptors (Lipinski definition) is 6. The monoisotopic (exact) mass is 422 g/mol. The van der Waals surface area contributed by atoms with Crippen molar-refractivity contribution < 1.29 is 23.8 Å². The first-order chi connectivity index (χ1) is 14.9. The lowest BCUT2D eigenvalue weighted by molar-refractivity contribution is -0.144. The van der Waals surface area contributed by atoms with Crippen molar-refractivity contribution in [2.45, 2.75) is 36.9 Å². The van der Waals surface area contributed by atoms with E-state index in [1.807, 2.05) is 0 Å². The molecule has 0 unspecified atom stereocenters. The number of carbonyl (C=O) groups is 2. The topological polar surface area (TPSA) is 117 Å². The van der Waals surface area contributed by atoms with Crippen LogP contribution in [-0.4, -0.2) is 37.8 Å². The smallest absolute Gasteiger partial charge is 0.339 e. The maximum atomic E-state index is 13.4. The molecule has 158 valence electrons. The third-order valence-electron chi connectivity index (χ3n) is 6.08. The van der Waals surface area contributed by atoms with Crippen molar-refractivity contribution in [3.05, 3.63) is 65.7 Å². The van der Waals surface area contributed by atoms with Gasteiger partial charge in [-0.3, -0.25) is 14.9 Å². The molecule has 5 rings (SSSR count). The Hall–Kier alpha value is -3.59. The molecule has 1 aliphatic heterocycles. The first-order valence-corrected chi connectivity index (χ1v) is 9.92. The number of aromatic nitrogens is 3. The fraction of sp³-hybridized carbons (Fsp3) is 0.273. The Bertz CT molecular complexity index is 1180. The number of nitrogens with zero attached hydrogens (tertiary/aromatic N) is 2. The van der Waals surface area contributed by atoms with Gasteiger partial charge in [-0.05, 0) is 43.9 Å². The van der Waals surface area contributed by atoms with Gasteiger partial charge in [0.05, 0.1) is 11.3 Å². The molecule has 1 aliphatic carbocycles. The van der Waals surface area contributed by atoms with Crippen molar-refractivity contribution in [3.8, 4) is 11.3 Å². The number of esters is 1. The number of fused-ring (bicyclic) bond motifs is 2. The highest BCUT2D eigenvalue weighted by atomic mass is 19.1. The molecular formula is C22H19FN4O4. The van der Waals surface area contributed by atoms with Gasteiger partial charge in [-0.2, -0.15) is 5.10 Å². The SMILES string of the molecule is O=C1OC2(CCC(O)(C(=O)Nc3cc(-c4cccc(F)c4)[nH]n3)CC2)c2cnccc21. The molecule has 0 bridgehead atoms. The number of rotatable bonds is 3. The Morgan fingerprint density at radius 1 is 1.19 bits per heavy atom. The van der Waals surface area contributed by atoms with Crippen LogP contribution in [0.15, 0.2) is 48.8 Å². The van der Waals surface area contributed by atoms with Gasteiger partial charge in [0.15, 0.2) is 5.82 Å². The Morgan fingerprint density at radius 2 is 2.00 bits per heavy atom. The van der Waals surface area contributed by atoms with Gasteiger partial charge >= 0.3 is 5.97 Å². The number of hydrogen-bond donors (Lipinski definition) is 3. The van der Waals surface area contributed by atoms with Gasteiger partial charge in [0.2, 0.25) is 0 Å². The summed E-state index contributed by atoms with van der Waals surface area (Å²) < 4.78 is 19.1. The number of H-pyrrole nitrogens is 1. The average Bonchev–Trinajstić information content (AvgIpc) is 3.34. The lowest BCUT2D eigenvalue weighted by Gasteiger charge is -2.40. The summed E-state index contributed by atoms with van der Waals surface area (Å²) in [7, 11) is 0. The Labute approximate surface area is 176 Å². The van der Waals surface area contributed by atoms with Gasteiger partial charge in [-0.25, -0.2) is 9.18 Å². The number of carbonyl (C=O) groups excluding carboxylic acids is 2. The molecule has 1 spiro atoms. The summed E-state index contributed by atoms with van der Waals surface area (Å²) in [4.78, 5) is 29.1. The van der Waals surface area contributed by atoms with Crippen molar-refractivity contribution >= 4 is 17.7 Å². The van der Waals surface area contributed by atoms with Gasteiger partial charge in [0, 0.05) is 29.6 Å². The van der Waals surface area contributed by atoms with Crippen LogP contribution in [0, 0.1) is 5.82 Å². The number of anilines is 1. The highest BCUT2D eigenvalue weighted by Crippen LogP contribution is 2.49. The lowest BCUT2D eigenvalue weighted by atomic mass is 9.73. The third-order valence-corrected chi connectivity index (χ3v) is 6.08. The molecular weight excluding hydrogens is 403 g/mol. The molecule has 3 N–H and O–H groups in total. The number of nitrogens with one attached hydrogen (secondary N) is 2. The third kappa shape index (κ3) is 3.27. The van der Waals surface area contributed by atoms with Gasteiger partial charge < -0.3 is 15.2 Å². The number of halogens is 1. The van der Waals surface area contributed by atoms with E-state index in [1.165, 1.54) is 18.3 Å². The molecule has 8 nitrogen and oxygen atoms in total. The van der Waals surface area contributed by atoms with Crippen LogP contribution in [0.2, 0.25) is 0 Å². The number of amides is 1. The van der Waals surface area contributed by atoms with Gasteiger partial charge in [0.1, 0.15) is 17.0 Å². The number of benzene rings is 1. The molecule has 3 heterocycles. The van der Waals surface area contributed by atoms with E-state index in [0.717, 1.165) is 0 Å². The van der Waals surface area contributed by atoms with E-state index >= 15 is 0 Å². The fourth-order valence-corrected chi connectivity index (χ4v) is 4.31. The zero-order chi connectivity index (χ0) is 21.6. The standard InChI is InChI=1S/C22H19FN4O4/c23-14-3-1-2-13(10-14)17-11-18(27-26-17)25-20(29)21(30)5-7-22(8-6-21)16-12-24-9-4-15(16)19(28)31-22/h1-4,9-12,30H,5-8H2,(H2,25,26,27,29). The minimum Gasteiger partial charge on any atom is -0.450 e. The summed E-state index contributed by atoms with van der Waals surface area (Å²) in [6.45, 7) is 0. The van der Waals surface area contributed by atoms with Crippen LogP contribution >= 0.6 is 0 Å². The van der Waals surface area contributed by atoms with Gasteiger partial charge in [0.25, 0.3) is 5.91 Å². The second-order valence-electron chi connectivity index (χ2n) is 7.97. The highest BCUT2D eigenvalue weighted by Gasteiger charge is 2.53. The van der Waals surface area contributed by atoms with Crippen LogP contribution in [0.4, 0.5) is 10.2 Å². The Balaban J connectivity index is 1.29. The van der Waals surface area contributed by atoms with Crippen LogP contribution in [0.1, 0.15) is 41.6 Å². The fourth-order valence-electron chi connectivity index (χ4n) is 4.31. The number of aromatic amines is 1. The lowest BCUT2D eigenvalue weighted by Crippen LogP contribution is -2.49. The summed E-state index contributed by atoms with van der Waals surface area (Å²) in [6.07, 6.45) is 3.98. The predicted molar refractivity (Wildman–Crippen MR) is 107 cm³/mol. The van der Waals surface area contributed by atoms with Crippen molar-refractivity contribution in [3.63, 3.8) is 0 Å². The molecule has 1 saturated carbocycles. The summed E-state index contributed by atoms with van der Waals surface area (Å²) in [6, 6.07) is 9.17. The van der Waals surface area contributed by atoms with E-state index in [4.69, 9.17) is 4.74 Å². The van der Waals surface area contributed by atoms with Crippen molar-refractivity contribution in [2.75, 3.05) is 5.32 Å². The zero-order valence-electron chi connectivity index (χ0n) is 16.4. The molecule has 0 radical (unpaired) electrons. The average molecular weight is 422 g/mol. The molecule has 1 aromatic carbocycles. The van der Waals surface area contributed by atoms with E-state index in [1.54, 1.807) is 30.5 Å². The summed E-state index contributed by atoms with van der Waals surface area (Å²) in [5, 5.41) is 20.4. The summed E-state index contributed by atoms with van der Waals surface area (Å²) >= 11 is 0. The van der Waals surface area contributed by atoms with Gasteiger partial charge in [-0.15, -0.1) is 0 Å². The maximum absolute atomic E-state index is 13.4. The Kier molecular flexibility index (Phi) is 4.37. The van der Waals surface area contributed by atoms with Crippen molar-refractivity contribution in [1.29, 1.82) is 0 Å². The summed E-state index contributed by atoms with van der Waals surface area (Å²) in [5.74, 6) is -1.16. The van der Waals surface area contributed by atoms with Crippen molar-refractivity contribution in [1.82, 2.24) is 15.2 Å². The number of pyridine rings is 1. The van der Waals surface area contributed by atoms with Gasteiger partial charge in [-0.1, -0.05) is 12.1 Å². The first-order valence-electron chi connectivity index (χ1n) is 9.92. The molecule has 31 heavy (non-hydrogen) atoms. The van der Waals surface area contributed by atoms with Crippen LogP contribution in [0.25, 0.3) is 11.3 Å². The second kappa shape index (κ2) is 6.98. The van der Waals surface area contributed by atoms with E-state index in [2.05, 4.69) is 20.5 Å². The number of ether oxygens (including phenoxy) is 1. The molecule has 0 atom stereocenters. The van der Waals surface area contributed by atoms with Crippen LogP contribution in [0.3, 0.4) is 0 Å². The molecule has 0 saturated heterocycles. The molecule has 1 fully saturated rings. The van der Waals surface area contributed by atoms with E-state index in [-0.39, 0.29) is 24.5 Å². The minimum atomic E-state index is -1.62. The molecule has 1 amide bonds. The molecule has 2 aliphatic rings. The Morgan fingerprint density at radius 3 is 2.77 bits per heavy atom. The van der Waals surface area contributed by atoms with Crippen LogP contribution in [0.5, 0.6) is 0 Å². The molecule has 3 aromatic rings. The first kappa shape index (κ1) is 19.4. The molecule has 9 heteroatoms. The summed E-state index contributed by atoms with van der Waals surface area (Å²) in [5.41, 5.74) is -0.182. The van der Waals surface area contributed by atoms with Crippen molar-refractivity contribution in [2.24, 2.45) is 0 Å². The quantitative estimate of drug-likeness (QED) is 0.559.